The van der Waals surface area contributed by atoms with Crippen molar-refractivity contribution in [1.82, 2.24) is 0 Å². The first-order valence-corrected chi connectivity index (χ1v) is 5.56. The lowest BCUT2D eigenvalue weighted by atomic mass is 10.2. The number of ether oxygens (including phenoxy) is 1. The van der Waals surface area contributed by atoms with Crippen LogP contribution in [0, 0.1) is 6.92 Å². The summed E-state index contributed by atoms with van der Waals surface area (Å²) in [7, 11) is 0. The molecule has 0 fully saturated rings. The SMILES string of the molecule is Cc1cccc(OCc2ccc(Cl)cc2)c1. The molecule has 0 aliphatic heterocycles. The lowest BCUT2D eigenvalue weighted by Gasteiger charge is -2.06. The van der Waals surface area contributed by atoms with Crippen LogP contribution in [0.5, 0.6) is 5.75 Å². The third-order valence-corrected chi connectivity index (χ3v) is 2.56. The van der Waals surface area contributed by atoms with Crippen LogP contribution in [0.15, 0.2) is 48.5 Å². The Morgan fingerprint density at radius 2 is 1.81 bits per heavy atom. The van der Waals surface area contributed by atoms with Gasteiger partial charge in [-0.1, -0.05) is 35.9 Å². The van der Waals surface area contributed by atoms with Gasteiger partial charge in [0.15, 0.2) is 0 Å². The Kier molecular flexibility index (Phi) is 3.47. The monoisotopic (exact) mass is 232 g/mol. The summed E-state index contributed by atoms with van der Waals surface area (Å²) in [5, 5.41) is 0.749. The summed E-state index contributed by atoms with van der Waals surface area (Å²) in [6, 6.07) is 15.7. The van der Waals surface area contributed by atoms with Crippen LogP contribution in [0.2, 0.25) is 5.02 Å². The third-order valence-electron chi connectivity index (χ3n) is 2.31. The Morgan fingerprint density at radius 3 is 2.50 bits per heavy atom. The van der Waals surface area contributed by atoms with E-state index in [1.54, 1.807) is 0 Å². The van der Waals surface area contributed by atoms with Gasteiger partial charge < -0.3 is 4.74 Å². The molecule has 0 N–H and O–H groups in total. The predicted molar refractivity (Wildman–Crippen MR) is 67.0 cm³/mol. The van der Waals surface area contributed by atoms with Gasteiger partial charge in [-0.15, -0.1) is 0 Å². The topological polar surface area (TPSA) is 9.23 Å². The standard InChI is InChI=1S/C14H13ClO/c1-11-3-2-4-14(9-11)16-10-12-5-7-13(15)8-6-12/h2-9H,10H2,1H3. The molecule has 0 spiro atoms. The molecule has 0 aliphatic carbocycles. The summed E-state index contributed by atoms with van der Waals surface area (Å²) >= 11 is 5.81. The van der Waals surface area contributed by atoms with E-state index >= 15 is 0 Å². The third kappa shape index (κ3) is 3.01. The maximum atomic E-state index is 5.81. The van der Waals surface area contributed by atoms with Crippen LogP contribution in [-0.2, 0) is 6.61 Å². The van der Waals surface area contributed by atoms with Crippen molar-refractivity contribution in [3.63, 3.8) is 0 Å². The first kappa shape index (κ1) is 11.0. The molecular weight excluding hydrogens is 220 g/mol. The van der Waals surface area contributed by atoms with Crippen molar-refractivity contribution >= 4 is 11.6 Å². The molecule has 1 nitrogen and oxygen atoms in total. The predicted octanol–water partition coefficient (Wildman–Crippen LogP) is 4.23. The minimum atomic E-state index is 0.570. The van der Waals surface area contributed by atoms with Crippen molar-refractivity contribution in [2.75, 3.05) is 0 Å². The van der Waals surface area contributed by atoms with E-state index in [2.05, 4.69) is 13.0 Å². The van der Waals surface area contributed by atoms with Gasteiger partial charge in [0.2, 0.25) is 0 Å². The second-order valence-electron chi connectivity index (χ2n) is 3.73. The van der Waals surface area contributed by atoms with Gasteiger partial charge in [0.05, 0.1) is 0 Å². The zero-order valence-electron chi connectivity index (χ0n) is 9.11. The van der Waals surface area contributed by atoms with Crippen molar-refractivity contribution in [2.24, 2.45) is 0 Å². The zero-order valence-corrected chi connectivity index (χ0v) is 9.87. The molecule has 0 unspecified atom stereocenters. The lowest BCUT2D eigenvalue weighted by Crippen LogP contribution is -1.95. The Morgan fingerprint density at radius 1 is 1.06 bits per heavy atom. The molecule has 0 atom stereocenters. The zero-order chi connectivity index (χ0) is 11.4. The smallest absolute Gasteiger partial charge is 0.120 e. The van der Waals surface area contributed by atoms with Gasteiger partial charge in [-0.25, -0.2) is 0 Å². The number of hydrogen-bond donors (Lipinski definition) is 0. The number of aryl methyl sites for hydroxylation is 1. The average Bonchev–Trinajstić information content (AvgIpc) is 2.28. The highest BCUT2D eigenvalue weighted by Crippen LogP contribution is 2.15. The van der Waals surface area contributed by atoms with Gasteiger partial charge in [0, 0.05) is 5.02 Å². The fraction of sp³-hybridized carbons (Fsp3) is 0.143. The summed E-state index contributed by atoms with van der Waals surface area (Å²) in [5.74, 6) is 0.898. The van der Waals surface area contributed by atoms with Crippen molar-refractivity contribution in [2.45, 2.75) is 13.5 Å². The summed E-state index contributed by atoms with van der Waals surface area (Å²) in [5.41, 5.74) is 2.32. The fourth-order valence-corrected chi connectivity index (χ4v) is 1.58. The molecule has 2 heteroatoms. The van der Waals surface area contributed by atoms with E-state index in [9.17, 15) is 0 Å². The van der Waals surface area contributed by atoms with Crippen LogP contribution in [0.3, 0.4) is 0 Å². The van der Waals surface area contributed by atoms with Crippen LogP contribution < -0.4 is 4.74 Å². The maximum Gasteiger partial charge on any atom is 0.120 e. The maximum absolute atomic E-state index is 5.81. The molecule has 82 valence electrons. The lowest BCUT2D eigenvalue weighted by molar-refractivity contribution is 0.306. The van der Waals surface area contributed by atoms with Crippen LogP contribution in [-0.4, -0.2) is 0 Å². The van der Waals surface area contributed by atoms with Gasteiger partial charge in [0.25, 0.3) is 0 Å². The molecule has 0 heterocycles. The first-order valence-electron chi connectivity index (χ1n) is 5.18. The fourth-order valence-electron chi connectivity index (χ4n) is 1.45. The molecule has 0 aromatic heterocycles. The summed E-state index contributed by atoms with van der Waals surface area (Å²) < 4.78 is 5.67. The van der Waals surface area contributed by atoms with Crippen molar-refractivity contribution < 1.29 is 4.74 Å². The van der Waals surface area contributed by atoms with Crippen molar-refractivity contribution in [3.05, 3.63) is 64.7 Å². The second-order valence-corrected chi connectivity index (χ2v) is 4.17. The van der Waals surface area contributed by atoms with Gasteiger partial charge in [-0.3, -0.25) is 0 Å². The molecule has 2 rings (SSSR count). The van der Waals surface area contributed by atoms with Gasteiger partial charge >= 0.3 is 0 Å². The van der Waals surface area contributed by atoms with Crippen LogP contribution >= 0.6 is 11.6 Å². The number of halogens is 1. The molecule has 0 amide bonds. The average molecular weight is 233 g/mol. The minimum Gasteiger partial charge on any atom is -0.489 e. The second kappa shape index (κ2) is 5.04. The molecule has 0 saturated carbocycles. The molecule has 2 aromatic rings. The number of hydrogen-bond acceptors (Lipinski definition) is 1. The highest BCUT2D eigenvalue weighted by molar-refractivity contribution is 6.30. The Hall–Kier alpha value is -1.47. The van der Waals surface area contributed by atoms with Gasteiger partial charge in [0.1, 0.15) is 12.4 Å². The van der Waals surface area contributed by atoms with E-state index in [-0.39, 0.29) is 0 Å². The Labute approximate surface area is 101 Å². The van der Waals surface area contributed by atoms with E-state index in [1.807, 2.05) is 42.5 Å². The Bertz CT molecular complexity index is 462. The molecule has 0 aliphatic rings. The van der Waals surface area contributed by atoms with Crippen molar-refractivity contribution in [1.29, 1.82) is 0 Å². The van der Waals surface area contributed by atoms with Crippen molar-refractivity contribution in [3.8, 4) is 5.75 Å². The number of rotatable bonds is 3. The van der Waals surface area contributed by atoms with E-state index in [1.165, 1.54) is 5.56 Å². The van der Waals surface area contributed by atoms with Crippen LogP contribution in [0.1, 0.15) is 11.1 Å². The molecule has 2 aromatic carbocycles. The summed E-state index contributed by atoms with van der Waals surface area (Å²) in [6.07, 6.45) is 0. The highest BCUT2D eigenvalue weighted by Gasteiger charge is 1.96. The highest BCUT2D eigenvalue weighted by atomic mass is 35.5. The molecule has 16 heavy (non-hydrogen) atoms. The normalized spacial score (nSPS) is 10.1. The van der Waals surface area contributed by atoms with E-state index < -0.39 is 0 Å². The van der Waals surface area contributed by atoms with Gasteiger partial charge in [-0.2, -0.15) is 0 Å². The molecular formula is C14H13ClO. The van der Waals surface area contributed by atoms with Crippen LogP contribution in [0.25, 0.3) is 0 Å². The Balaban J connectivity index is 1.99. The first-order chi connectivity index (χ1) is 7.74. The largest absolute Gasteiger partial charge is 0.489 e. The molecule has 0 saturated heterocycles. The van der Waals surface area contributed by atoms with E-state index in [0.717, 1.165) is 16.3 Å². The minimum absolute atomic E-state index is 0.570. The molecule has 0 radical (unpaired) electrons. The summed E-state index contributed by atoms with van der Waals surface area (Å²) in [4.78, 5) is 0. The number of benzene rings is 2. The summed E-state index contributed by atoms with van der Waals surface area (Å²) in [6.45, 7) is 2.62. The van der Waals surface area contributed by atoms with Gasteiger partial charge in [-0.05, 0) is 42.3 Å². The van der Waals surface area contributed by atoms with Crippen LogP contribution in [0.4, 0.5) is 0 Å². The quantitative estimate of drug-likeness (QED) is 0.770. The van der Waals surface area contributed by atoms with E-state index in [0.29, 0.717) is 6.61 Å². The molecule has 0 bridgehead atoms. The van der Waals surface area contributed by atoms with E-state index in [4.69, 9.17) is 16.3 Å².